The molecule has 5 N–H and O–H groups in total. The van der Waals surface area contributed by atoms with Crippen LogP contribution in [-0.2, 0) is 4.74 Å². The van der Waals surface area contributed by atoms with Gasteiger partial charge in [0.15, 0.2) is 12.0 Å². The third-order valence-electron chi connectivity index (χ3n) is 4.23. The number of aliphatic imine (C=N–C) groups is 2. The van der Waals surface area contributed by atoms with Gasteiger partial charge in [-0.1, -0.05) is 0 Å². The first-order valence-electron chi connectivity index (χ1n) is 7.28. The van der Waals surface area contributed by atoms with E-state index in [9.17, 15) is 15.0 Å². The number of fused-ring (bicyclic) bond motifs is 3. The standard InChI is InChI=1S/C13H16N6O4/c14-13-15-2-5-10-9(12(22)17-11(5)18-13)16-4-19(10)8-1-6(21)7(3-20)23-8/h2,4-8,13,20-21H,1,3,14H2,(H,17,18,22)/t5?,6?,7-,8-,13?/m1/s1. The Hall–Kier alpha value is -2.14. The SMILES string of the molecule is NC1N=CC2C(=NC(=O)c3ncn([C@H]4CC(O)[C@@H](CO)O4)c32)N1. The minimum Gasteiger partial charge on any atom is -0.394 e. The lowest BCUT2D eigenvalue weighted by molar-refractivity contribution is -0.0451. The molecule has 0 saturated carbocycles. The number of amidine groups is 1. The van der Waals surface area contributed by atoms with Gasteiger partial charge in [0.1, 0.15) is 18.2 Å². The fraction of sp³-hybridized carbons (Fsp3) is 0.538. The molecule has 1 saturated heterocycles. The van der Waals surface area contributed by atoms with E-state index in [0.29, 0.717) is 18.0 Å². The van der Waals surface area contributed by atoms with Crippen LogP contribution < -0.4 is 11.1 Å². The van der Waals surface area contributed by atoms with Crippen molar-refractivity contribution in [2.45, 2.75) is 37.1 Å². The monoisotopic (exact) mass is 320 g/mol. The number of nitrogens with one attached hydrogen (secondary N) is 1. The van der Waals surface area contributed by atoms with Crippen LogP contribution in [0.5, 0.6) is 0 Å². The first-order chi connectivity index (χ1) is 11.1. The van der Waals surface area contributed by atoms with Gasteiger partial charge in [-0.25, -0.2) is 4.98 Å². The number of ether oxygens (including phenoxy) is 1. The molecule has 1 fully saturated rings. The Kier molecular flexibility index (Phi) is 3.27. The van der Waals surface area contributed by atoms with Gasteiger partial charge in [0, 0.05) is 12.6 Å². The topological polar surface area (TPSA) is 147 Å². The number of nitrogens with two attached hydrogens (primary N) is 1. The molecule has 0 bridgehead atoms. The van der Waals surface area contributed by atoms with Gasteiger partial charge in [-0.05, 0) is 0 Å². The Labute approximate surface area is 130 Å². The molecule has 122 valence electrons. The molecule has 3 unspecified atom stereocenters. The Morgan fingerprint density at radius 1 is 1.52 bits per heavy atom. The molecule has 1 aromatic rings. The fourth-order valence-corrected chi connectivity index (χ4v) is 3.12. The van der Waals surface area contributed by atoms with Crippen molar-refractivity contribution in [3.63, 3.8) is 0 Å². The predicted molar refractivity (Wildman–Crippen MR) is 78.0 cm³/mol. The predicted octanol–water partition coefficient (Wildman–Crippen LogP) is -1.92. The number of hydrogen-bond donors (Lipinski definition) is 4. The van der Waals surface area contributed by atoms with E-state index in [2.05, 4.69) is 20.3 Å². The number of amides is 1. The van der Waals surface area contributed by atoms with Crippen LogP contribution in [0.1, 0.15) is 34.7 Å². The van der Waals surface area contributed by atoms with E-state index in [1.807, 2.05) is 0 Å². The van der Waals surface area contributed by atoms with E-state index in [4.69, 9.17) is 10.5 Å². The molecule has 0 spiro atoms. The van der Waals surface area contributed by atoms with Crippen molar-refractivity contribution < 1.29 is 19.7 Å². The van der Waals surface area contributed by atoms with Crippen molar-refractivity contribution in [2.75, 3.05) is 6.61 Å². The molecule has 3 aliphatic rings. The van der Waals surface area contributed by atoms with Crippen molar-refractivity contribution in [1.82, 2.24) is 14.9 Å². The van der Waals surface area contributed by atoms with Crippen LogP contribution in [0.4, 0.5) is 0 Å². The van der Waals surface area contributed by atoms with Gasteiger partial charge in [-0.15, -0.1) is 0 Å². The second-order valence-corrected chi connectivity index (χ2v) is 5.67. The number of nitrogens with zero attached hydrogens (tertiary/aromatic N) is 4. The average molecular weight is 320 g/mol. The minimum absolute atomic E-state index is 0.230. The van der Waals surface area contributed by atoms with E-state index in [-0.39, 0.29) is 18.2 Å². The summed E-state index contributed by atoms with van der Waals surface area (Å²) < 4.78 is 7.34. The molecular formula is C13H16N6O4. The fourth-order valence-electron chi connectivity index (χ4n) is 3.12. The lowest BCUT2D eigenvalue weighted by Crippen LogP contribution is -2.48. The lowest BCUT2D eigenvalue weighted by Gasteiger charge is -2.28. The third-order valence-corrected chi connectivity index (χ3v) is 4.23. The highest BCUT2D eigenvalue weighted by atomic mass is 16.5. The van der Waals surface area contributed by atoms with Crippen LogP contribution in [0.25, 0.3) is 0 Å². The minimum atomic E-state index is -0.776. The second kappa shape index (κ2) is 5.20. The van der Waals surface area contributed by atoms with Gasteiger partial charge in [0.25, 0.3) is 5.91 Å². The van der Waals surface area contributed by atoms with Crippen molar-refractivity contribution >= 4 is 18.0 Å². The van der Waals surface area contributed by atoms with Crippen molar-refractivity contribution in [3.05, 3.63) is 17.7 Å². The average Bonchev–Trinajstić information content (AvgIpc) is 3.11. The van der Waals surface area contributed by atoms with E-state index >= 15 is 0 Å². The summed E-state index contributed by atoms with van der Waals surface area (Å²) in [4.78, 5) is 24.4. The first-order valence-corrected chi connectivity index (χ1v) is 7.28. The zero-order valence-electron chi connectivity index (χ0n) is 12.0. The number of aliphatic hydroxyl groups excluding tert-OH is 2. The smallest absolute Gasteiger partial charge is 0.299 e. The van der Waals surface area contributed by atoms with Crippen LogP contribution in [0.2, 0.25) is 0 Å². The summed E-state index contributed by atoms with van der Waals surface area (Å²) in [5, 5.41) is 22.0. The molecule has 0 aliphatic carbocycles. The summed E-state index contributed by atoms with van der Waals surface area (Å²) in [5.74, 6) is -0.417. The molecular weight excluding hydrogens is 304 g/mol. The summed E-state index contributed by atoms with van der Waals surface area (Å²) >= 11 is 0. The van der Waals surface area contributed by atoms with Gasteiger partial charge in [-0.3, -0.25) is 15.5 Å². The Bertz CT molecular complexity index is 713. The van der Waals surface area contributed by atoms with Gasteiger partial charge in [0.2, 0.25) is 0 Å². The number of aliphatic hydroxyl groups is 2. The molecule has 10 nitrogen and oxygen atoms in total. The van der Waals surface area contributed by atoms with E-state index < -0.39 is 30.6 Å². The van der Waals surface area contributed by atoms with Gasteiger partial charge in [0.05, 0.1) is 30.7 Å². The van der Waals surface area contributed by atoms with Crippen molar-refractivity contribution in [1.29, 1.82) is 0 Å². The highest BCUT2D eigenvalue weighted by Gasteiger charge is 2.40. The number of carbonyl (C=O) groups is 1. The number of hydrogen-bond acceptors (Lipinski definition) is 8. The number of aromatic nitrogens is 2. The van der Waals surface area contributed by atoms with Gasteiger partial charge >= 0.3 is 0 Å². The molecule has 5 atom stereocenters. The number of rotatable bonds is 2. The van der Waals surface area contributed by atoms with Crippen molar-refractivity contribution in [3.8, 4) is 0 Å². The second-order valence-electron chi connectivity index (χ2n) is 5.67. The molecule has 4 heterocycles. The van der Waals surface area contributed by atoms with Gasteiger partial charge in [-0.2, -0.15) is 4.99 Å². The van der Waals surface area contributed by atoms with E-state index in [1.54, 1.807) is 10.8 Å². The zero-order chi connectivity index (χ0) is 16.1. The maximum atomic E-state index is 12.1. The molecule has 3 aliphatic heterocycles. The summed E-state index contributed by atoms with van der Waals surface area (Å²) in [6.07, 6.45) is 0.817. The van der Waals surface area contributed by atoms with Crippen LogP contribution in [0.3, 0.4) is 0 Å². The van der Waals surface area contributed by atoms with Crippen molar-refractivity contribution in [2.24, 2.45) is 15.7 Å². The maximum absolute atomic E-state index is 12.1. The highest BCUT2D eigenvalue weighted by Crippen LogP contribution is 2.34. The molecule has 4 rings (SSSR count). The Morgan fingerprint density at radius 2 is 2.35 bits per heavy atom. The van der Waals surface area contributed by atoms with Crippen LogP contribution in [0.15, 0.2) is 16.3 Å². The van der Waals surface area contributed by atoms with E-state index in [0.717, 1.165) is 0 Å². The number of imidazole rings is 1. The maximum Gasteiger partial charge on any atom is 0.299 e. The molecule has 10 heteroatoms. The van der Waals surface area contributed by atoms with Gasteiger partial charge < -0.3 is 24.8 Å². The first kappa shape index (κ1) is 14.5. The van der Waals surface area contributed by atoms with Crippen LogP contribution in [-0.4, -0.2) is 62.8 Å². The Balaban J connectivity index is 1.74. The van der Waals surface area contributed by atoms with Crippen LogP contribution in [0, 0.1) is 0 Å². The molecule has 23 heavy (non-hydrogen) atoms. The summed E-state index contributed by atoms with van der Waals surface area (Å²) in [5.41, 5.74) is 6.51. The zero-order valence-corrected chi connectivity index (χ0v) is 12.0. The summed E-state index contributed by atoms with van der Waals surface area (Å²) in [6.45, 7) is -0.276. The normalized spacial score (nSPS) is 35.5. The highest BCUT2D eigenvalue weighted by molar-refractivity contribution is 6.15. The largest absolute Gasteiger partial charge is 0.394 e. The number of carbonyl (C=O) groups excluding carboxylic acids is 1. The molecule has 1 amide bonds. The lowest BCUT2D eigenvalue weighted by atomic mass is 9.98. The summed E-state index contributed by atoms with van der Waals surface area (Å²) in [6, 6.07) is 0. The quantitative estimate of drug-likeness (QED) is 0.496. The third kappa shape index (κ3) is 2.18. The Morgan fingerprint density at radius 3 is 3.09 bits per heavy atom. The van der Waals surface area contributed by atoms with E-state index in [1.165, 1.54) is 6.33 Å². The molecule has 0 radical (unpaired) electrons. The summed E-state index contributed by atoms with van der Waals surface area (Å²) in [7, 11) is 0. The molecule has 0 aromatic carbocycles. The van der Waals surface area contributed by atoms with Crippen LogP contribution >= 0.6 is 0 Å². The molecule has 1 aromatic heterocycles.